The molecule has 2 aliphatic heterocycles. The van der Waals surface area contributed by atoms with Gasteiger partial charge in [0.25, 0.3) is 5.91 Å². The van der Waals surface area contributed by atoms with Crippen LogP contribution in [-0.4, -0.2) is 17.5 Å². The Balaban J connectivity index is 1.85. The summed E-state index contributed by atoms with van der Waals surface area (Å²) in [5.74, 6) is 0.970. The Kier molecular flexibility index (Phi) is 2.15. The van der Waals surface area contributed by atoms with E-state index in [0.717, 1.165) is 28.9 Å². The number of benzene rings is 2. The first kappa shape index (κ1) is 10.6. The number of amides is 1. The first-order valence-electron chi connectivity index (χ1n) is 6.45. The molecule has 0 aliphatic carbocycles. The van der Waals surface area contributed by atoms with E-state index in [1.807, 2.05) is 53.4 Å². The summed E-state index contributed by atoms with van der Waals surface area (Å²) in [6, 6.07) is 15.9. The fraction of sp³-hybridized carbons (Fsp3) is 0.188. The molecule has 0 radical (unpaired) electrons. The molecule has 0 N–H and O–H groups in total. The minimum absolute atomic E-state index is 0.0707. The van der Waals surface area contributed by atoms with Gasteiger partial charge in [0.1, 0.15) is 5.75 Å². The third-order valence-corrected chi connectivity index (χ3v) is 3.94. The third-order valence-electron chi connectivity index (χ3n) is 3.94. The quantitative estimate of drug-likeness (QED) is 0.720. The van der Waals surface area contributed by atoms with Gasteiger partial charge in [-0.2, -0.15) is 0 Å². The molecule has 0 saturated heterocycles. The smallest absolute Gasteiger partial charge is 0.257 e. The summed E-state index contributed by atoms with van der Waals surface area (Å²) >= 11 is 0. The number of fused-ring (bicyclic) bond motifs is 4. The van der Waals surface area contributed by atoms with Crippen LogP contribution < -0.4 is 4.74 Å². The molecule has 0 aromatic heterocycles. The molecule has 0 saturated carbocycles. The van der Waals surface area contributed by atoms with E-state index in [1.54, 1.807) is 0 Å². The van der Waals surface area contributed by atoms with E-state index in [1.165, 1.54) is 0 Å². The minimum Gasteiger partial charge on any atom is -0.473 e. The second-order valence-electron chi connectivity index (χ2n) is 4.96. The zero-order valence-corrected chi connectivity index (χ0v) is 10.4. The SMILES string of the molecule is O=C1c2ccccc2CC2c3ccccc3OCN12. The van der Waals surface area contributed by atoms with E-state index < -0.39 is 0 Å². The molecule has 2 aliphatic rings. The van der Waals surface area contributed by atoms with Crippen LogP contribution in [-0.2, 0) is 6.42 Å². The van der Waals surface area contributed by atoms with Crippen molar-refractivity contribution in [2.75, 3.05) is 6.73 Å². The second kappa shape index (κ2) is 3.85. The average molecular weight is 251 g/mol. The number of carbonyl (C=O) groups is 1. The normalized spacial score (nSPS) is 20.1. The second-order valence-corrected chi connectivity index (χ2v) is 4.96. The first-order chi connectivity index (χ1) is 9.34. The van der Waals surface area contributed by atoms with Gasteiger partial charge in [0.2, 0.25) is 0 Å². The zero-order chi connectivity index (χ0) is 12.8. The number of carbonyl (C=O) groups excluding carboxylic acids is 1. The molecular weight excluding hydrogens is 238 g/mol. The van der Waals surface area contributed by atoms with Gasteiger partial charge in [-0.3, -0.25) is 9.69 Å². The Morgan fingerprint density at radius 2 is 1.84 bits per heavy atom. The molecule has 2 heterocycles. The maximum Gasteiger partial charge on any atom is 0.257 e. The summed E-state index contributed by atoms with van der Waals surface area (Å²) in [6.45, 7) is 0.342. The van der Waals surface area contributed by atoms with Crippen LogP contribution >= 0.6 is 0 Å². The number of nitrogens with zero attached hydrogens (tertiary/aromatic N) is 1. The summed E-state index contributed by atoms with van der Waals surface area (Å²) < 4.78 is 5.68. The molecule has 3 heteroatoms. The molecule has 19 heavy (non-hydrogen) atoms. The Labute approximate surface area is 111 Å². The van der Waals surface area contributed by atoms with E-state index in [-0.39, 0.29) is 11.9 Å². The van der Waals surface area contributed by atoms with Crippen molar-refractivity contribution in [2.45, 2.75) is 12.5 Å². The number of para-hydroxylation sites is 1. The van der Waals surface area contributed by atoms with Crippen LogP contribution in [0.15, 0.2) is 48.5 Å². The standard InChI is InChI=1S/C16H13NO2/c18-16-12-6-2-1-5-11(12)9-14-13-7-3-4-8-15(13)19-10-17(14)16/h1-8,14H,9-10H2. The fourth-order valence-corrected chi connectivity index (χ4v) is 2.97. The predicted molar refractivity (Wildman–Crippen MR) is 71.0 cm³/mol. The highest BCUT2D eigenvalue weighted by Crippen LogP contribution is 2.39. The molecule has 0 spiro atoms. The number of ether oxygens (including phenoxy) is 1. The summed E-state index contributed by atoms with van der Waals surface area (Å²) in [5, 5.41) is 0. The van der Waals surface area contributed by atoms with E-state index >= 15 is 0 Å². The van der Waals surface area contributed by atoms with Crippen molar-refractivity contribution < 1.29 is 9.53 Å². The molecule has 1 amide bonds. The highest BCUT2D eigenvalue weighted by atomic mass is 16.5. The summed E-state index contributed by atoms with van der Waals surface area (Å²) in [4.78, 5) is 14.3. The van der Waals surface area contributed by atoms with Gasteiger partial charge in [0.15, 0.2) is 6.73 Å². The van der Waals surface area contributed by atoms with Crippen molar-refractivity contribution in [2.24, 2.45) is 0 Å². The maximum absolute atomic E-state index is 12.5. The van der Waals surface area contributed by atoms with E-state index in [0.29, 0.717) is 6.73 Å². The Hall–Kier alpha value is -2.29. The van der Waals surface area contributed by atoms with Crippen LogP contribution in [0.3, 0.4) is 0 Å². The largest absolute Gasteiger partial charge is 0.473 e. The lowest BCUT2D eigenvalue weighted by atomic mass is 9.89. The van der Waals surface area contributed by atoms with E-state index in [9.17, 15) is 4.79 Å². The molecule has 0 bridgehead atoms. The molecule has 4 rings (SSSR count). The fourth-order valence-electron chi connectivity index (χ4n) is 2.97. The molecule has 0 fully saturated rings. The number of rotatable bonds is 0. The van der Waals surface area contributed by atoms with Crippen LogP contribution in [0.2, 0.25) is 0 Å². The molecule has 3 nitrogen and oxygen atoms in total. The van der Waals surface area contributed by atoms with Crippen molar-refractivity contribution in [3.63, 3.8) is 0 Å². The van der Waals surface area contributed by atoms with Gasteiger partial charge in [-0.25, -0.2) is 0 Å². The predicted octanol–water partition coefficient (Wildman–Crippen LogP) is 2.78. The Morgan fingerprint density at radius 1 is 1.05 bits per heavy atom. The number of hydrogen-bond donors (Lipinski definition) is 0. The van der Waals surface area contributed by atoms with Gasteiger partial charge in [-0.15, -0.1) is 0 Å². The lowest BCUT2D eigenvalue weighted by Gasteiger charge is -2.40. The molecule has 94 valence electrons. The topological polar surface area (TPSA) is 29.5 Å². The van der Waals surface area contributed by atoms with Crippen LogP contribution in [0.25, 0.3) is 0 Å². The van der Waals surface area contributed by atoms with Crippen molar-refractivity contribution in [3.8, 4) is 5.75 Å². The lowest BCUT2D eigenvalue weighted by molar-refractivity contribution is 0.0333. The van der Waals surface area contributed by atoms with E-state index in [4.69, 9.17) is 4.74 Å². The Morgan fingerprint density at radius 3 is 2.79 bits per heavy atom. The molecular formula is C16H13NO2. The van der Waals surface area contributed by atoms with Crippen LogP contribution in [0.1, 0.15) is 27.5 Å². The van der Waals surface area contributed by atoms with E-state index in [2.05, 4.69) is 0 Å². The van der Waals surface area contributed by atoms with Gasteiger partial charge >= 0.3 is 0 Å². The first-order valence-corrected chi connectivity index (χ1v) is 6.45. The van der Waals surface area contributed by atoms with Crippen molar-refractivity contribution in [1.29, 1.82) is 0 Å². The average Bonchev–Trinajstić information content (AvgIpc) is 2.47. The van der Waals surface area contributed by atoms with Crippen molar-refractivity contribution >= 4 is 5.91 Å². The lowest BCUT2D eigenvalue weighted by Crippen LogP contribution is -2.45. The van der Waals surface area contributed by atoms with Crippen LogP contribution in [0.5, 0.6) is 5.75 Å². The molecule has 2 aromatic rings. The minimum atomic E-state index is 0.0707. The van der Waals surface area contributed by atoms with Gasteiger partial charge in [-0.05, 0) is 24.1 Å². The number of hydrogen-bond acceptors (Lipinski definition) is 2. The van der Waals surface area contributed by atoms with Crippen molar-refractivity contribution in [1.82, 2.24) is 4.90 Å². The monoisotopic (exact) mass is 251 g/mol. The third kappa shape index (κ3) is 1.48. The molecule has 2 aromatic carbocycles. The highest BCUT2D eigenvalue weighted by Gasteiger charge is 2.37. The van der Waals surface area contributed by atoms with Crippen LogP contribution in [0.4, 0.5) is 0 Å². The van der Waals surface area contributed by atoms with Gasteiger partial charge < -0.3 is 4.74 Å². The Bertz CT molecular complexity index is 665. The zero-order valence-electron chi connectivity index (χ0n) is 10.4. The van der Waals surface area contributed by atoms with Crippen molar-refractivity contribution in [3.05, 3.63) is 65.2 Å². The van der Waals surface area contributed by atoms with Crippen LogP contribution in [0, 0.1) is 0 Å². The van der Waals surface area contributed by atoms with Gasteiger partial charge in [0.05, 0.1) is 6.04 Å². The highest BCUT2D eigenvalue weighted by molar-refractivity contribution is 5.97. The van der Waals surface area contributed by atoms with Gasteiger partial charge in [0, 0.05) is 11.1 Å². The summed E-state index contributed by atoms with van der Waals surface area (Å²) in [6.07, 6.45) is 0.863. The maximum atomic E-state index is 12.5. The summed E-state index contributed by atoms with van der Waals surface area (Å²) in [5.41, 5.74) is 3.05. The summed E-state index contributed by atoms with van der Waals surface area (Å²) in [7, 11) is 0. The molecule has 1 atom stereocenters. The van der Waals surface area contributed by atoms with Gasteiger partial charge in [-0.1, -0.05) is 36.4 Å². The molecule has 1 unspecified atom stereocenters.